The standard InChI is InChI=1S/C21H28N4O/c1-3-4-5-17-7-9-19(10-8-17)22-21(26)18-12-14-25(15-13-18)20-11-6-16(2)23-24-20/h6-11,18H,3-5,12-15H2,1-2H3,(H,22,26). The molecule has 0 spiro atoms. The third-order valence-electron chi connectivity index (χ3n) is 5.01. The van der Waals surface area contributed by atoms with Crippen LogP contribution in [0, 0.1) is 12.8 Å². The number of piperidine rings is 1. The minimum atomic E-state index is 0.0597. The second kappa shape index (κ2) is 8.79. The minimum Gasteiger partial charge on any atom is -0.355 e. The average Bonchev–Trinajstić information content (AvgIpc) is 2.68. The molecule has 1 fully saturated rings. The maximum Gasteiger partial charge on any atom is 0.227 e. The number of hydrogen-bond donors (Lipinski definition) is 1. The van der Waals surface area contributed by atoms with Crippen molar-refractivity contribution in [2.75, 3.05) is 23.3 Å². The van der Waals surface area contributed by atoms with Gasteiger partial charge in [0.2, 0.25) is 5.91 Å². The zero-order valence-corrected chi connectivity index (χ0v) is 15.7. The number of benzene rings is 1. The van der Waals surface area contributed by atoms with Gasteiger partial charge in [-0.3, -0.25) is 4.79 Å². The molecule has 1 saturated heterocycles. The van der Waals surface area contributed by atoms with E-state index in [2.05, 4.69) is 39.5 Å². The fourth-order valence-corrected chi connectivity index (χ4v) is 3.31. The third-order valence-corrected chi connectivity index (χ3v) is 5.01. The van der Waals surface area contributed by atoms with Gasteiger partial charge in [-0.25, -0.2) is 0 Å². The van der Waals surface area contributed by atoms with E-state index in [1.165, 1.54) is 18.4 Å². The van der Waals surface area contributed by atoms with Crippen LogP contribution >= 0.6 is 0 Å². The Balaban J connectivity index is 1.49. The molecule has 5 heteroatoms. The number of anilines is 2. The van der Waals surface area contributed by atoms with E-state index in [4.69, 9.17) is 0 Å². The molecule has 5 nitrogen and oxygen atoms in total. The summed E-state index contributed by atoms with van der Waals surface area (Å²) >= 11 is 0. The number of amides is 1. The van der Waals surface area contributed by atoms with Crippen molar-refractivity contribution in [3.05, 3.63) is 47.7 Å². The topological polar surface area (TPSA) is 58.1 Å². The molecular formula is C21H28N4O. The number of aryl methyl sites for hydroxylation is 2. The van der Waals surface area contributed by atoms with E-state index in [-0.39, 0.29) is 11.8 Å². The number of nitrogens with one attached hydrogen (secondary N) is 1. The van der Waals surface area contributed by atoms with E-state index >= 15 is 0 Å². The van der Waals surface area contributed by atoms with E-state index in [1.54, 1.807) is 0 Å². The first-order valence-electron chi connectivity index (χ1n) is 9.61. The molecular weight excluding hydrogens is 324 g/mol. The quantitative estimate of drug-likeness (QED) is 0.854. The SMILES string of the molecule is CCCCc1ccc(NC(=O)C2CCN(c3ccc(C)nn3)CC2)cc1. The summed E-state index contributed by atoms with van der Waals surface area (Å²) < 4.78 is 0. The summed E-state index contributed by atoms with van der Waals surface area (Å²) in [6, 6.07) is 12.2. The molecule has 0 radical (unpaired) electrons. The number of rotatable bonds is 6. The molecule has 138 valence electrons. The maximum atomic E-state index is 12.6. The largest absolute Gasteiger partial charge is 0.355 e. The summed E-state index contributed by atoms with van der Waals surface area (Å²) in [5.41, 5.74) is 3.14. The van der Waals surface area contributed by atoms with Crippen LogP contribution < -0.4 is 10.2 Å². The molecule has 1 aromatic carbocycles. The summed E-state index contributed by atoms with van der Waals surface area (Å²) in [5.74, 6) is 1.09. The smallest absolute Gasteiger partial charge is 0.227 e. The molecule has 1 aromatic heterocycles. The molecule has 3 rings (SSSR count). The summed E-state index contributed by atoms with van der Waals surface area (Å²) in [5, 5.41) is 11.4. The summed E-state index contributed by atoms with van der Waals surface area (Å²) in [4.78, 5) is 14.8. The predicted molar refractivity (Wildman–Crippen MR) is 105 cm³/mol. The molecule has 0 saturated carbocycles. The molecule has 0 atom stereocenters. The van der Waals surface area contributed by atoms with Gasteiger partial charge in [-0.1, -0.05) is 25.5 Å². The zero-order chi connectivity index (χ0) is 18.4. The molecule has 1 aliphatic heterocycles. The Labute approximate surface area is 155 Å². The third kappa shape index (κ3) is 4.81. The molecule has 1 amide bonds. The Hall–Kier alpha value is -2.43. The van der Waals surface area contributed by atoms with Gasteiger partial charge in [0.25, 0.3) is 0 Å². The Morgan fingerprint density at radius 3 is 2.46 bits per heavy atom. The van der Waals surface area contributed by atoms with Crippen molar-refractivity contribution in [2.45, 2.75) is 46.0 Å². The average molecular weight is 352 g/mol. The monoisotopic (exact) mass is 352 g/mol. The van der Waals surface area contributed by atoms with Crippen LogP contribution in [0.3, 0.4) is 0 Å². The van der Waals surface area contributed by atoms with Gasteiger partial charge in [0, 0.05) is 24.7 Å². The molecule has 0 aliphatic carbocycles. The predicted octanol–water partition coefficient (Wildman–Crippen LogP) is 3.98. The highest BCUT2D eigenvalue weighted by Crippen LogP contribution is 2.23. The number of hydrogen-bond acceptors (Lipinski definition) is 4. The van der Waals surface area contributed by atoms with Crippen LogP contribution in [0.1, 0.15) is 43.9 Å². The van der Waals surface area contributed by atoms with Crippen molar-refractivity contribution in [3.63, 3.8) is 0 Å². The Kier molecular flexibility index (Phi) is 6.21. The second-order valence-electron chi connectivity index (χ2n) is 7.08. The summed E-state index contributed by atoms with van der Waals surface area (Å²) in [6.45, 7) is 5.81. The van der Waals surface area contributed by atoms with E-state index < -0.39 is 0 Å². The van der Waals surface area contributed by atoms with Gasteiger partial charge in [0.05, 0.1) is 5.69 Å². The van der Waals surface area contributed by atoms with Gasteiger partial charge in [-0.2, -0.15) is 5.10 Å². The maximum absolute atomic E-state index is 12.6. The Bertz CT molecular complexity index is 704. The van der Waals surface area contributed by atoms with E-state index in [1.807, 2.05) is 31.2 Å². The molecule has 0 unspecified atom stereocenters. The fourth-order valence-electron chi connectivity index (χ4n) is 3.31. The fraction of sp³-hybridized carbons (Fsp3) is 0.476. The number of carbonyl (C=O) groups excluding carboxylic acids is 1. The van der Waals surface area contributed by atoms with Crippen molar-refractivity contribution in [1.29, 1.82) is 0 Å². The molecule has 0 bridgehead atoms. The van der Waals surface area contributed by atoms with Crippen LogP contribution in [-0.4, -0.2) is 29.2 Å². The highest BCUT2D eigenvalue weighted by Gasteiger charge is 2.25. The lowest BCUT2D eigenvalue weighted by Crippen LogP contribution is -2.38. The van der Waals surface area contributed by atoms with E-state index in [0.717, 1.165) is 49.6 Å². The lowest BCUT2D eigenvalue weighted by molar-refractivity contribution is -0.120. The number of carbonyl (C=O) groups is 1. The lowest BCUT2D eigenvalue weighted by atomic mass is 9.95. The van der Waals surface area contributed by atoms with Crippen molar-refractivity contribution < 1.29 is 4.79 Å². The first-order chi connectivity index (χ1) is 12.7. The summed E-state index contributed by atoms with van der Waals surface area (Å²) in [6.07, 6.45) is 5.19. The zero-order valence-electron chi connectivity index (χ0n) is 15.7. The normalized spacial score (nSPS) is 15.1. The number of nitrogens with zero attached hydrogens (tertiary/aromatic N) is 3. The van der Waals surface area contributed by atoms with Gasteiger partial charge >= 0.3 is 0 Å². The van der Waals surface area contributed by atoms with Gasteiger partial charge < -0.3 is 10.2 Å². The highest BCUT2D eigenvalue weighted by molar-refractivity contribution is 5.92. The van der Waals surface area contributed by atoms with Crippen LogP contribution in [0.15, 0.2) is 36.4 Å². The Morgan fingerprint density at radius 2 is 1.85 bits per heavy atom. The van der Waals surface area contributed by atoms with Crippen LogP contribution in [-0.2, 0) is 11.2 Å². The minimum absolute atomic E-state index is 0.0597. The van der Waals surface area contributed by atoms with Crippen molar-refractivity contribution in [2.24, 2.45) is 5.92 Å². The van der Waals surface area contributed by atoms with Crippen LogP contribution in [0.4, 0.5) is 11.5 Å². The molecule has 26 heavy (non-hydrogen) atoms. The summed E-state index contributed by atoms with van der Waals surface area (Å²) in [7, 11) is 0. The lowest BCUT2D eigenvalue weighted by Gasteiger charge is -2.31. The number of unbranched alkanes of at least 4 members (excludes halogenated alkanes) is 1. The molecule has 2 heterocycles. The van der Waals surface area contributed by atoms with E-state index in [9.17, 15) is 4.79 Å². The van der Waals surface area contributed by atoms with Gasteiger partial charge in [0.1, 0.15) is 0 Å². The van der Waals surface area contributed by atoms with Crippen LogP contribution in [0.2, 0.25) is 0 Å². The molecule has 2 aromatic rings. The van der Waals surface area contributed by atoms with Crippen molar-refractivity contribution >= 4 is 17.4 Å². The van der Waals surface area contributed by atoms with Crippen LogP contribution in [0.25, 0.3) is 0 Å². The van der Waals surface area contributed by atoms with E-state index in [0.29, 0.717) is 0 Å². The first-order valence-corrected chi connectivity index (χ1v) is 9.61. The van der Waals surface area contributed by atoms with Gasteiger partial charge in [0.15, 0.2) is 5.82 Å². The number of aromatic nitrogens is 2. The highest BCUT2D eigenvalue weighted by atomic mass is 16.1. The van der Waals surface area contributed by atoms with Gasteiger partial charge in [-0.15, -0.1) is 5.10 Å². The van der Waals surface area contributed by atoms with Crippen molar-refractivity contribution in [1.82, 2.24) is 10.2 Å². The molecule has 1 aliphatic rings. The molecule has 1 N–H and O–H groups in total. The van der Waals surface area contributed by atoms with Gasteiger partial charge in [-0.05, 0) is 62.4 Å². The van der Waals surface area contributed by atoms with Crippen LogP contribution in [0.5, 0.6) is 0 Å². The van der Waals surface area contributed by atoms with Crippen molar-refractivity contribution in [3.8, 4) is 0 Å². The first kappa shape index (κ1) is 18.4. The Morgan fingerprint density at radius 1 is 1.12 bits per heavy atom. The second-order valence-corrected chi connectivity index (χ2v) is 7.08.